The van der Waals surface area contributed by atoms with E-state index in [1.165, 1.54) is 19.3 Å². The Labute approximate surface area is 125 Å². The van der Waals surface area contributed by atoms with Crippen LogP contribution in [0.2, 0.25) is 0 Å². The largest absolute Gasteiger partial charge is 0.482 e. The van der Waals surface area contributed by atoms with E-state index in [1.54, 1.807) is 24.5 Å². The van der Waals surface area contributed by atoms with Crippen molar-refractivity contribution in [2.75, 3.05) is 13.2 Å². The number of amides is 1. The number of carbonyl (C=O) groups is 1. The van der Waals surface area contributed by atoms with Crippen molar-refractivity contribution in [2.45, 2.75) is 50.2 Å². The van der Waals surface area contributed by atoms with E-state index in [2.05, 4.69) is 10.3 Å². The third kappa shape index (κ3) is 3.73. The van der Waals surface area contributed by atoms with Gasteiger partial charge in [0, 0.05) is 6.20 Å². The Morgan fingerprint density at radius 3 is 3.05 bits per heavy atom. The van der Waals surface area contributed by atoms with Gasteiger partial charge in [0.05, 0.1) is 24.4 Å². The van der Waals surface area contributed by atoms with Crippen LogP contribution >= 0.6 is 0 Å². The first-order chi connectivity index (χ1) is 10.3. The van der Waals surface area contributed by atoms with Crippen LogP contribution in [0.15, 0.2) is 24.5 Å². The van der Waals surface area contributed by atoms with Gasteiger partial charge in [-0.15, -0.1) is 0 Å². The highest BCUT2D eigenvalue weighted by Gasteiger charge is 2.41. The Hall–Kier alpha value is -1.62. The minimum Gasteiger partial charge on any atom is -0.482 e. The predicted molar refractivity (Wildman–Crippen MR) is 78.0 cm³/mol. The second kappa shape index (κ2) is 6.43. The first-order valence-electron chi connectivity index (χ1n) is 7.72. The first kappa shape index (κ1) is 14.3. The number of hydrogen-bond donors (Lipinski definition) is 1. The summed E-state index contributed by atoms with van der Waals surface area (Å²) in [6.45, 7) is 0.647. The topological polar surface area (TPSA) is 60.5 Å². The van der Waals surface area contributed by atoms with Gasteiger partial charge in [0.1, 0.15) is 5.75 Å². The average molecular weight is 290 g/mol. The monoisotopic (exact) mass is 290 g/mol. The lowest BCUT2D eigenvalue weighted by atomic mass is 9.82. The molecule has 0 radical (unpaired) electrons. The molecule has 0 bridgehead atoms. The summed E-state index contributed by atoms with van der Waals surface area (Å²) in [7, 11) is 0. The van der Waals surface area contributed by atoms with Crippen LogP contribution in [-0.2, 0) is 9.53 Å². The van der Waals surface area contributed by atoms with Gasteiger partial charge in [-0.25, -0.2) is 0 Å². The van der Waals surface area contributed by atoms with E-state index in [0.717, 1.165) is 19.3 Å². The number of ether oxygens (including phenoxy) is 2. The van der Waals surface area contributed by atoms with Crippen molar-refractivity contribution in [3.05, 3.63) is 24.5 Å². The number of rotatable bonds is 4. The Balaban J connectivity index is 1.43. The molecule has 1 unspecified atom stereocenters. The Kier molecular flexibility index (Phi) is 4.39. The van der Waals surface area contributed by atoms with Crippen molar-refractivity contribution in [1.29, 1.82) is 0 Å². The number of aromatic nitrogens is 1. The van der Waals surface area contributed by atoms with Gasteiger partial charge < -0.3 is 14.8 Å². The van der Waals surface area contributed by atoms with Gasteiger partial charge in [-0.05, 0) is 31.4 Å². The molecule has 1 amide bonds. The molecule has 1 aliphatic heterocycles. The smallest absolute Gasteiger partial charge is 0.258 e. The maximum Gasteiger partial charge on any atom is 0.258 e. The summed E-state index contributed by atoms with van der Waals surface area (Å²) in [5, 5.41) is 3.01. The zero-order valence-electron chi connectivity index (χ0n) is 12.2. The molecule has 2 aliphatic rings. The molecule has 0 aromatic carbocycles. The summed E-state index contributed by atoms with van der Waals surface area (Å²) in [6.07, 6.45) is 10.3. The molecule has 1 aliphatic carbocycles. The molecule has 5 nitrogen and oxygen atoms in total. The molecule has 1 aromatic rings. The summed E-state index contributed by atoms with van der Waals surface area (Å²) in [6, 6.07) is 3.69. The summed E-state index contributed by atoms with van der Waals surface area (Å²) in [4.78, 5) is 15.9. The lowest BCUT2D eigenvalue weighted by molar-refractivity contribution is -0.123. The maximum atomic E-state index is 11.9. The van der Waals surface area contributed by atoms with Crippen LogP contribution in [0, 0.1) is 0 Å². The van der Waals surface area contributed by atoms with Gasteiger partial charge in [0.25, 0.3) is 5.91 Å². The van der Waals surface area contributed by atoms with E-state index < -0.39 is 0 Å². The number of hydrogen-bond acceptors (Lipinski definition) is 4. The average Bonchev–Trinajstić information content (AvgIpc) is 2.89. The van der Waals surface area contributed by atoms with Crippen LogP contribution < -0.4 is 10.1 Å². The van der Waals surface area contributed by atoms with Crippen LogP contribution in [0.25, 0.3) is 0 Å². The fraction of sp³-hybridized carbons (Fsp3) is 0.625. The van der Waals surface area contributed by atoms with Crippen LogP contribution in [-0.4, -0.2) is 35.7 Å². The van der Waals surface area contributed by atoms with Gasteiger partial charge in [-0.1, -0.05) is 19.3 Å². The third-order valence-corrected chi connectivity index (χ3v) is 4.34. The Bertz CT molecular complexity index is 472. The molecule has 1 N–H and O–H groups in total. The molecule has 1 saturated carbocycles. The molecule has 1 aromatic heterocycles. The van der Waals surface area contributed by atoms with E-state index in [4.69, 9.17) is 9.47 Å². The first-order valence-corrected chi connectivity index (χ1v) is 7.72. The van der Waals surface area contributed by atoms with Gasteiger partial charge in [-0.2, -0.15) is 0 Å². The lowest BCUT2D eigenvalue weighted by Crippen LogP contribution is -2.39. The van der Waals surface area contributed by atoms with E-state index >= 15 is 0 Å². The Morgan fingerprint density at radius 1 is 1.43 bits per heavy atom. The summed E-state index contributed by atoms with van der Waals surface area (Å²) in [5.74, 6) is 0.513. The third-order valence-electron chi connectivity index (χ3n) is 4.34. The van der Waals surface area contributed by atoms with Crippen LogP contribution in [0.4, 0.5) is 0 Å². The van der Waals surface area contributed by atoms with Gasteiger partial charge in [-0.3, -0.25) is 9.78 Å². The molecule has 1 spiro atoms. The van der Waals surface area contributed by atoms with E-state index in [-0.39, 0.29) is 24.2 Å². The molecular formula is C16H22N2O3. The van der Waals surface area contributed by atoms with E-state index in [1.807, 2.05) is 0 Å². The highest BCUT2D eigenvalue weighted by Crippen LogP contribution is 2.39. The highest BCUT2D eigenvalue weighted by molar-refractivity contribution is 5.77. The van der Waals surface area contributed by atoms with Crippen LogP contribution in [0.5, 0.6) is 5.75 Å². The number of carbonyl (C=O) groups excluding carboxylic acids is 1. The summed E-state index contributed by atoms with van der Waals surface area (Å²) < 4.78 is 11.4. The van der Waals surface area contributed by atoms with Gasteiger partial charge >= 0.3 is 0 Å². The fourth-order valence-corrected chi connectivity index (χ4v) is 3.33. The molecule has 5 heteroatoms. The molecule has 2 heterocycles. The molecule has 1 atom stereocenters. The van der Waals surface area contributed by atoms with Crippen molar-refractivity contribution in [3.8, 4) is 5.75 Å². The molecule has 3 rings (SSSR count). The lowest BCUT2D eigenvalue weighted by Gasteiger charge is -2.32. The van der Waals surface area contributed by atoms with E-state index in [9.17, 15) is 4.79 Å². The highest BCUT2D eigenvalue weighted by atomic mass is 16.5. The van der Waals surface area contributed by atoms with Gasteiger partial charge in [0.2, 0.25) is 0 Å². The molecule has 2 fully saturated rings. The molecular weight excluding hydrogens is 268 g/mol. The molecule has 114 valence electrons. The fourth-order valence-electron chi connectivity index (χ4n) is 3.33. The second-order valence-electron chi connectivity index (χ2n) is 6.00. The summed E-state index contributed by atoms with van der Waals surface area (Å²) in [5.41, 5.74) is 0.0282. The zero-order valence-corrected chi connectivity index (χ0v) is 12.2. The quantitative estimate of drug-likeness (QED) is 0.922. The standard InChI is InChI=1S/C16H22N2O3/c19-15(12-20-14-5-4-8-17-10-14)18-13-9-16(21-11-13)6-2-1-3-7-16/h4-5,8,10,13H,1-3,6-7,9,11-12H2,(H,18,19). The number of pyridine rings is 1. The van der Waals surface area contributed by atoms with Crippen molar-refractivity contribution in [3.63, 3.8) is 0 Å². The van der Waals surface area contributed by atoms with Crippen molar-refractivity contribution in [1.82, 2.24) is 10.3 Å². The normalized spacial score (nSPS) is 23.9. The summed E-state index contributed by atoms with van der Waals surface area (Å²) >= 11 is 0. The van der Waals surface area contributed by atoms with E-state index in [0.29, 0.717) is 12.4 Å². The molecule has 21 heavy (non-hydrogen) atoms. The maximum absolute atomic E-state index is 11.9. The second-order valence-corrected chi connectivity index (χ2v) is 6.00. The Morgan fingerprint density at radius 2 is 2.29 bits per heavy atom. The number of nitrogens with zero attached hydrogens (tertiary/aromatic N) is 1. The van der Waals surface area contributed by atoms with Crippen molar-refractivity contribution >= 4 is 5.91 Å². The van der Waals surface area contributed by atoms with Crippen molar-refractivity contribution < 1.29 is 14.3 Å². The number of nitrogens with one attached hydrogen (secondary N) is 1. The van der Waals surface area contributed by atoms with Gasteiger partial charge in [0.15, 0.2) is 6.61 Å². The minimum absolute atomic E-state index is 0.0230. The van der Waals surface area contributed by atoms with Crippen LogP contribution in [0.1, 0.15) is 38.5 Å². The van der Waals surface area contributed by atoms with Crippen molar-refractivity contribution in [2.24, 2.45) is 0 Å². The zero-order chi connectivity index (χ0) is 14.5. The SMILES string of the molecule is O=C(COc1cccnc1)NC1COC2(CCCCC2)C1. The minimum atomic E-state index is -0.0969. The molecule has 1 saturated heterocycles. The predicted octanol–water partition coefficient (Wildman–Crippen LogP) is 2.07. The van der Waals surface area contributed by atoms with Crippen LogP contribution in [0.3, 0.4) is 0 Å².